The minimum absolute atomic E-state index is 0.0362. The van der Waals surface area contributed by atoms with Gasteiger partial charge in [-0.25, -0.2) is 0 Å². The Balaban J connectivity index is 2.21. The third-order valence-electron chi connectivity index (χ3n) is 1.76. The third-order valence-corrected chi connectivity index (χ3v) is 1.76. The molecule has 1 aromatic heterocycles. The zero-order valence-corrected chi connectivity index (χ0v) is 8.68. The highest BCUT2D eigenvalue weighted by Gasteiger charge is 2.09. The van der Waals surface area contributed by atoms with E-state index >= 15 is 0 Å². The molecule has 0 amide bonds. The van der Waals surface area contributed by atoms with Crippen molar-refractivity contribution in [1.82, 2.24) is 10.2 Å². The average molecular weight is 204 g/mol. The molecule has 78 valence electrons. The topological polar surface area (TPSA) is 48.2 Å². The summed E-state index contributed by atoms with van der Waals surface area (Å²) in [6.45, 7) is 3.82. The van der Waals surface area contributed by atoms with E-state index in [0.717, 1.165) is 5.56 Å². The fourth-order valence-corrected chi connectivity index (χ4v) is 1.16. The van der Waals surface area contributed by atoms with Crippen molar-refractivity contribution < 1.29 is 9.15 Å². The Bertz CT molecular complexity index is 423. The largest absolute Gasteiger partial charge is 0.446 e. The summed E-state index contributed by atoms with van der Waals surface area (Å²) in [4.78, 5) is 0. The van der Waals surface area contributed by atoms with Gasteiger partial charge in [-0.05, 0) is 26.0 Å². The smallest absolute Gasteiger partial charge is 0.415 e. The van der Waals surface area contributed by atoms with Crippen molar-refractivity contribution in [1.29, 1.82) is 0 Å². The van der Waals surface area contributed by atoms with E-state index in [1.54, 1.807) is 0 Å². The van der Waals surface area contributed by atoms with Gasteiger partial charge in [-0.3, -0.25) is 0 Å². The Labute approximate surface area is 87.9 Å². The quantitative estimate of drug-likeness (QED) is 0.770. The van der Waals surface area contributed by atoms with Gasteiger partial charge < -0.3 is 9.15 Å². The first kappa shape index (κ1) is 9.71. The monoisotopic (exact) mass is 204 g/mol. The number of ether oxygens (including phenoxy) is 1. The van der Waals surface area contributed by atoms with Crippen LogP contribution in [0.1, 0.15) is 13.8 Å². The molecule has 0 saturated heterocycles. The number of aromatic nitrogens is 2. The van der Waals surface area contributed by atoms with Crippen LogP contribution in [0.5, 0.6) is 6.08 Å². The van der Waals surface area contributed by atoms with Crippen LogP contribution >= 0.6 is 0 Å². The summed E-state index contributed by atoms with van der Waals surface area (Å²) < 4.78 is 10.6. The lowest BCUT2D eigenvalue weighted by atomic mass is 10.2. The van der Waals surface area contributed by atoms with E-state index in [1.807, 2.05) is 44.2 Å². The lowest BCUT2D eigenvalue weighted by Gasteiger charge is -2.01. The summed E-state index contributed by atoms with van der Waals surface area (Å²) in [5.41, 5.74) is 0.892. The van der Waals surface area contributed by atoms with E-state index in [0.29, 0.717) is 5.89 Å². The summed E-state index contributed by atoms with van der Waals surface area (Å²) in [7, 11) is 0. The fourth-order valence-electron chi connectivity index (χ4n) is 1.16. The second kappa shape index (κ2) is 4.13. The van der Waals surface area contributed by atoms with Gasteiger partial charge in [-0.2, -0.15) is 0 Å². The van der Waals surface area contributed by atoms with Gasteiger partial charge in [0.1, 0.15) is 0 Å². The molecule has 0 radical (unpaired) electrons. The molecule has 0 bridgehead atoms. The van der Waals surface area contributed by atoms with Crippen LogP contribution in [0, 0.1) is 0 Å². The van der Waals surface area contributed by atoms with Crippen molar-refractivity contribution >= 4 is 0 Å². The van der Waals surface area contributed by atoms with Crippen LogP contribution in [-0.2, 0) is 0 Å². The second-order valence-corrected chi connectivity index (χ2v) is 3.41. The Kier molecular flexibility index (Phi) is 2.67. The van der Waals surface area contributed by atoms with Crippen LogP contribution in [0.2, 0.25) is 0 Å². The van der Waals surface area contributed by atoms with E-state index in [9.17, 15) is 0 Å². The van der Waals surface area contributed by atoms with Gasteiger partial charge in [0.15, 0.2) is 0 Å². The van der Waals surface area contributed by atoms with Crippen molar-refractivity contribution in [3.05, 3.63) is 30.3 Å². The minimum Gasteiger partial charge on any atom is -0.446 e. The predicted octanol–water partition coefficient (Wildman–Crippen LogP) is 2.52. The zero-order valence-electron chi connectivity index (χ0n) is 8.68. The first-order chi connectivity index (χ1) is 7.25. The molecule has 4 heteroatoms. The number of hydrogen-bond donors (Lipinski definition) is 0. The number of hydrogen-bond acceptors (Lipinski definition) is 4. The van der Waals surface area contributed by atoms with Crippen molar-refractivity contribution in [2.45, 2.75) is 20.0 Å². The predicted molar refractivity (Wildman–Crippen MR) is 55.5 cm³/mol. The number of rotatable bonds is 3. The summed E-state index contributed by atoms with van der Waals surface area (Å²) in [5.74, 6) is 0.478. The maximum Gasteiger partial charge on any atom is 0.415 e. The van der Waals surface area contributed by atoms with Gasteiger partial charge in [0.05, 0.1) is 6.10 Å². The Morgan fingerprint density at radius 2 is 1.87 bits per heavy atom. The van der Waals surface area contributed by atoms with E-state index < -0.39 is 0 Å². The maximum atomic E-state index is 5.34. The SMILES string of the molecule is CC(C)Oc1nnc(-c2ccccc2)o1. The standard InChI is InChI=1S/C11H12N2O2/c1-8(2)14-11-13-12-10(15-11)9-6-4-3-5-7-9/h3-8H,1-2H3. The van der Waals surface area contributed by atoms with Crippen molar-refractivity contribution in [3.8, 4) is 17.5 Å². The van der Waals surface area contributed by atoms with Crippen molar-refractivity contribution in [2.24, 2.45) is 0 Å². The summed E-state index contributed by atoms with van der Waals surface area (Å²) in [6, 6.07) is 9.59. The highest BCUT2D eigenvalue weighted by atomic mass is 16.6. The molecular weight excluding hydrogens is 192 g/mol. The molecule has 0 unspecified atom stereocenters. The first-order valence-corrected chi connectivity index (χ1v) is 4.81. The van der Waals surface area contributed by atoms with Crippen LogP contribution in [-0.4, -0.2) is 16.3 Å². The highest BCUT2D eigenvalue weighted by molar-refractivity contribution is 5.51. The normalized spacial score (nSPS) is 10.6. The van der Waals surface area contributed by atoms with Crippen LogP contribution < -0.4 is 4.74 Å². The molecule has 0 fully saturated rings. The van der Waals surface area contributed by atoms with Gasteiger partial charge in [0.2, 0.25) is 0 Å². The molecule has 0 N–H and O–H groups in total. The van der Waals surface area contributed by atoms with E-state index in [4.69, 9.17) is 9.15 Å². The van der Waals surface area contributed by atoms with Gasteiger partial charge in [-0.1, -0.05) is 23.3 Å². The molecule has 2 rings (SSSR count). The lowest BCUT2D eigenvalue weighted by Crippen LogP contribution is -2.05. The van der Waals surface area contributed by atoms with E-state index in [2.05, 4.69) is 10.2 Å². The van der Waals surface area contributed by atoms with Gasteiger partial charge in [-0.15, -0.1) is 5.10 Å². The number of benzene rings is 1. The summed E-state index contributed by atoms with van der Waals surface area (Å²) in [5, 5.41) is 7.69. The zero-order chi connectivity index (χ0) is 10.7. The fraction of sp³-hybridized carbons (Fsp3) is 0.273. The molecule has 4 nitrogen and oxygen atoms in total. The van der Waals surface area contributed by atoms with E-state index in [1.165, 1.54) is 0 Å². The van der Waals surface area contributed by atoms with Crippen LogP contribution in [0.4, 0.5) is 0 Å². The van der Waals surface area contributed by atoms with Gasteiger partial charge in [0, 0.05) is 5.56 Å². The molecule has 0 spiro atoms. The molecule has 0 aliphatic rings. The molecular formula is C11H12N2O2. The summed E-state index contributed by atoms with van der Waals surface area (Å²) >= 11 is 0. The molecule has 0 aliphatic heterocycles. The lowest BCUT2D eigenvalue weighted by molar-refractivity contribution is 0.177. The molecule has 0 atom stereocenters. The molecule has 15 heavy (non-hydrogen) atoms. The Morgan fingerprint density at radius 3 is 2.53 bits per heavy atom. The molecule has 1 heterocycles. The Morgan fingerprint density at radius 1 is 1.13 bits per heavy atom. The molecule has 0 saturated carbocycles. The van der Waals surface area contributed by atoms with Crippen LogP contribution in [0.25, 0.3) is 11.5 Å². The van der Waals surface area contributed by atoms with E-state index in [-0.39, 0.29) is 12.2 Å². The molecule has 2 aromatic rings. The van der Waals surface area contributed by atoms with Crippen LogP contribution in [0.15, 0.2) is 34.7 Å². The average Bonchev–Trinajstić information content (AvgIpc) is 2.67. The maximum absolute atomic E-state index is 5.34. The summed E-state index contributed by atoms with van der Waals surface area (Å²) in [6.07, 6.45) is 0.248. The van der Waals surface area contributed by atoms with Crippen molar-refractivity contribution in [2.75, 3.05) is 0 Å². The molecule has 0 aliphatic carbocycles. The van der Waals surface area contributed by atoms with Crippen LogP contribution in [0.3, 0.4) is 0 Å². The Hall–Kier alpha value is -1.84. The molecule has 1 aromatic carbocycles. The highest BCUT2D eigenvalue weighted by Crippen LogP contribution is 2.20. The minimum atomic E-state index is 0.0362. The third kappa shape index (κ3) is 2.34. The second-order valence-electron chi connectivity index (χ2n) is 3.41. The van der Waals surface area contributed by atoms with Crippen molar-refractivity contribution in [3.63, 3.8) is 0 Å². The van der Waals surface area contributed by atoms with Gasteiger partial charge in [0.25, 0.3) is 5.89 Å². The first-order valence-electron chi connectivity index (χ1n) is 4.81. The number of nitrogens with zero attached hydrogens (tertiary/aromatic N) is 2. The van der Waals surface area contributed by atoms with Gasteiger partial charge >= 0.3 is 6.08 Å².